The molecule has 34 heavy (non-hydrogen) atoms. The molecule has 5 rings (SSSR count). The minimum Gasteiger partial charge on any atom is -0.497 e. The minimum absolute atomic E-state index is 0.0113. The molecule has 1 fully saturated rings. The van der Waals surface area contributed by atoms with Crippen molar-refractivity contribution in [1.29, 1.82) is 0 Å². The summed E-state index contributed by atoms with van der Waals surface area (Å²) in [5.41, 5.74) is 1.45. The Morgan fingerprint density at radius 1 is 1.21 bits per heavy atom. The van der Waals surface area contributed by atoms with E-state index in [9.17, 15) is 8.78 Å². The molecule has 1 atom stereocenters. The standard InChI is InChI=1S/C24H23F3N4O3/c1-13-8-15-16(30-13)4-5-18(22(15)25)34-23-21-17(28-12-29-23)9-14(32-3)10-19(21)33-20-6-7-31(2)11-24(20,26)27/h4-5,8-10,12,20,30H,6-7,11H2,1-3H3/t20-/m1/s1/i3D3. The maximum Gasteiger partial charge on any atom is 0.296 e. The van der Waals surface area contributed by atoms with E-state index in [4.69, 9.17) is 18.3 Å². The van der Waals surface area contributed by atoms with Crippen LogP contribution in [0.25, 0.3) is 21.8 Å². The van der Waals surface area contributed by atoms with E-state index in [1.54, 1.807) is 26.1 Å². The number of ether oxygens (including phenoxy) is 3. The van der Waals surface area contributed by atoms with Gasteiger partial charge in [0.05, 0.1) is 23.2 Å². The molecule has 0 spiro atoms. The van der Waals surface area contributed by atoms with Crippen molar-refractivity contribution in [2.45, 2.75) is 25.4 Å². The number of fused-ring (bicyclic) bond motifs is 2. The Morgan fingerprint density at radius 2 is 2.06 bits per heavy atom. The van der Waals surface area contributed by atoms with Gasteiger partial charge >= 0.3 is 0 Å². The van der Waals surface area contributed by atoms with Gasteiger partial charge in [0.15, 0.2) is 17.7 Å². The first-order valence-electron chi connectivity index (χ1n) is 12.1. The average Bonchev–Trinajstić information content (AvgIpc) is 3.17. The Bertz CT molecular complexity index is 1480. The van der Waals surface area contributed by atoms with Gasteiger partial charge in [0, 0.05) is 41.7 Å². The van der Waals surface area contributed by atoms with Gasteiger partial charge in [-0.25, -0.2) is 23.1 Å². The lowest BCUT2D eigenvalue weighted by atomic mass is 10.0. The zero-order valence-electron chi connectivity index (χ0n) is 21.4. The zero-order valence-corrected chi connectivity index (χ0v) is 18.4. The fourth-order valence-electron chi connectivity index (χ4n) is 4.19. The number of methoxy groups -OCH3 is 1. The molecular weight excluding hydrogens is 449 g/mol. The van der Waals surface area contributed by atoms with Crippen LogP contribution >= 0.6 is 0 Å². The van der Waals surface area contributed by atoms with Crippen molar-refractivity contribution >= 4 is 21.8 Å². The minimum atomic E-state index is -3.19. The van der Waals surface area contributed by atoms with E-state index in [1.807, 2.05) is 0 Å². The van der Waals surface area contributed by atoms with Crippen LogP contribution in [-0.4, -0.2) is 59.1 Å². The number of aryl methyl sites for hydroxylation is 1. The molecule has 7 nitrogen and oxygen atoms in total. The van der Waals surface area contributed by atoms with Gasteiger partial charge in [-0.1, -0.05) is 0 Å². The average molecular weight is 475 g/mol. The number of hydrogen-bond donors (Lipinski definition) is 1. The zero-order chi connectivity index (χ0) is 26.5. The monoisotopic (exact) mass is 475 g/mol. The highest BCUT2D eigenvalue weighted by Crippen LogP contribution is 2.41. The molecular formula is C24H23F3N4O3. The molecule has 178 valence electrons. The second-order valence-electron chi connectivity index (χ2n) is 8.38. The molecule has 1 N–H and O–H groups in total. The van der Waals surface area contributed by atoms with Gasteiger partial charge in [0.2, 0.25) is 5.88 Å². The first-order valence-corrected chi connectivity index (χ1v) is 10.6. The van der Waals surface area contributed by atoms with Crippen LogP contribution in [-0.2, 0) is 0 Å². The molecule has 2 aromatic heterocycles. The van der Waals surface area contributed by atoms with Crippen LogP contribution in [0.3, 0.4) is 0 Å². The Kier molecular flexibility index (Phi) is 4.63. The predicted molar refractivity (Wildman–Crippen MR) is 121 cm³/mol. The van der Waals surface area contributed by atoms with Gasteiger partial charge in [0.25, 0.3) is 5.92 Å². The molecule has 1 saturated heterocycles. The van der Waals surface area contributed by atoms with E-state index >= 15 is 4.39 Å². The van der Waals surface area contributed by atoms with Crippen LogP contribution in [0.5, 0.6) is 23.1 Å². The number of halogens is 3. The van der Waals surface area contributed by atoms with Crippen molar-refractivity contribution in [3.63, 3.8) is 0 Å². The second-order valence-corrected chi connectivity index (χ2v) is 8.38. The van der Waals surface area contributed by atoms with Crippen LogP contribution < -0.4 is 14.2 Å². The summed E-state index contributed by atoms with van der Waals surface area (Å²) in [4.78, 5) is 12.7. The number of alkyl halides is 2. The van der Waals surface area contributed by atoms with Gasteiger partial charge in [-0.2, -0.15) is 0 Å². The van der Waals surface area contributed by atoms with Crippen molar-refractivity contribution in [1.82, 2.24) is 19.9 Å². The molecule has 0 amide bonds. The van der Waals surface area contributed by atoms with E-state index in [0.717, 1.165) is 12.0 Å². The first-order chi connectivity index (χ1) is 17.4. The normalized spacial score (nSPS) is 20.0. The predicted octanol–water partition coefficient (Wildman–Crippen LogP) is 5.08. The van der Waals surface area contributed by atoms with Crippen molar-refractivity contribution in [3.8, 4) is 23.1 Å². The lowest BCUT2D eigenvalue weighted by molar-refractivity contribution is -0.134. The van der Waals surface area contributed by atoms with Gasteiger partial charge in [-0.05, 0) is 32.2 Å². The van der Waals surface area contributed by atoms with E-state index in [2.05, 4.69) is 15.0 Å². The van der Waals surface area contributed by atoms with Crippen LogP contribution in [0.15, 0.2) is 36.7 Å². The number of nitrogens with one attached hydrogen (secondary N) is 1. The van der Waals surface area contributed by atoms with Crippen LogP contribution in [0.1, 0.15) is 16.2 Å². The van der Waals surface area contributed by atoms with Gasteiger partial charge in [-0.3, -0.25) is 0 Å². The summed E-state index contributed by atoms with van der Waals surface area (Å²) in [5, 5.41) is 0.379. The summed E-state index contributed by atoms with van der Waals surface area (Å²) < 4.78 is 83.7. The van der Waals surface area contributed by atoms with Crippen LogP contribution in [0.4, 0.5) is 13.2 Å². The molecule has 1 aliphatic heterocycles. The number of aromatic amines is 1. The molecule has 0 aliphatic carbocycles. The molecule has 10 heteroatoms. The highest BCUT2D eigenvalue weighted by Gasteiger charge is 2.45. The fourth-order valence-corrected chi connectivity index (χ4v) is 4.19. The largest absolute Gasteiger partial charge is 0.497 e. The smallest absolute Gasteiger partial charge is 0.296 e. The lowest BCUT2D eigenvalue weighted by Gasteiger charge is -2.36. The van der Waals surface area contributed by atoms with Crippen molar-refractivity contribution in [2.24, 2.45) is 0 Å². The van der Waals surface area contributed by atoms with E-state index in [0.29, 0.717) is 17.4 Å². The molecule has 0 bridgehead atoms. The second kappa shape index (κ2) is 8.35. The first kappa shape index (κ1) is 18.8. The summed E-state index contributed by atoms with van der Waals surface area (Å²) >= 11 is 0. The van der Waals surface area contributed by atoms with Gasteiger partial charge < -0.3 is 24.1 Å². The highest BCUT2D eigenvalue weighted by molar-refractivity contribution is 5.91. The maximum atomic E-state index is 15.2. The summed E-state index contributed by atoms with van der Waals surface area (Å²) in [6.07, 6.45) is -0.377. The highest BCUT2D eigenvalue weighted by atomic mass is 19.3. The van der Waals surface area contributed by atoms with Gasteiger partial charge in [-0.15, -0.1) is 0 Å². The van der Waals surface area contributed by atoms with Crippen molar-refractivity contribution < 1.29 is 31.5 Å². The summed E-state index contributed by atoms with van der Waals surface area (Å²) in [7, 11) is -1.22. The molecule has 1 aliphatic rings. The number of aromatic nitrogens is 3. The van der Waals surface area contributed by atoms with Crippen molar-refractivity contribution in [3.05, 3.63) is 48.2 Å². The Balaban J connectivity index is 1.61. The SMILES string of the molecule is [2H]C([2H])([2H])Oc1cc(O[C@@H]2CCN(C)CC2(F)F)c2c(Oc3ccc4[nH]c(C)cc4c3F)ncnc2c1. The quantitative estimate of drug-likeness (QED) is 0.434. The third-order valence-corrected chi connectivity index (χ3v) is 5.80. The lowest BCUT2D eigenvalue weighted by Crippen LogP contribution is -2.52. The molecule has 2 aromatic carbocycles. The summed E-state index contributed by atoms with van der Waals surface area (Å²) in [6.45, 7) is 1.65. The Labute approximate surface area is 197 Å². The number of benzene rings is 2. The van der Waals surface area contributed by atoms with E-state index in [1.165, 1.54) is 23.1 Å². The fraction of sp³-hybridized carbons (Fsp3) is 0.333. The number of H-pyrrole nitrogens is 1. The number of hydrogen-bond acceptors (Lipinski definition) is 6. The molecule has 0 saturated carbocycles. The molecule has 0 radical (unpaired) electrons. The Hall–Kier alpha value is -3.53. The molecule has 3 heterocycles. The topological polar surface area (TPSA) is 72.5 Å². The van der Waals surface area contributed by atoms with Crippen LogP contribution in [0, 0.1) is 12.7 Å². The number of nitrogens with zero attached hydrogens (tertiary/aromatic N) is 3. The number of piperidine rings is 1. The number of likely N-dealkylation sites (tertiary alicyclic amines) is 1. The third kappa shape index (κ3) is 3.98. The van der Waals surface area contributed by atoms with Gasteiger partial charge in [0.1, 0.15) is 23.2 Å². The molecule has 0 unspecified atom stereocenters. The van der Waals surface area contributed by atoms with E-state index in [-0.39, 0.29) is 40.5 Å². The molecule has 4 aromatic rings. The maximum absolute atomic E-state index is 15.2. The summed E-state index contributed by atoms with van der Waals surface area (Å²) in [6, 6.07) is 7.16. The third-order valence-electron chi connectivity index (χ3n) is 5.80. The van der Waals surface area contributed by atoms with Crippen LogP contribution in [0.2, 0.25) is 0 Å². The van der Waals surface area contributed by atoms with E-state index < -0.39 is 31.4 Å². The Morgan fingerprint density at radius 3 is 2.85 bits per heavy atom. The van der Waals surface area contributed by atoms with Crippen molar-refractivity contribution in [2.75, 3.05) is 27.2 Å². The summed E-state index contributed by atoms with van der Waals surface area (Å²) in [5.74, 6) is -4.47. The number of rotatable bonds is 5.